The first-order valence-electron chi connectivity index (χ1n) is 13.9. The van der Waals surface area contributed by atoms with Crippen LogP contribution in [-0.4, -0.2) is 33.7 Å². The molecule has 44 heavy (non-hydrogen) atoms. The highest BCUT2D eigenvalue weighted by atomic mass is 32.1. The van der Waals surface area contributed by atoms with Crippen molar-refractivity contribution >= 4 is 40.0 Å². The number of rotatable bonds is 8. The Bertz CT molecular complexity index is 2140. The molecule has 1 atom stereocenters. The number of thiazole rings is 1. The molecular formula is C33H28N4O6S. The molecule has 3 heterocycles. The van der Waals surface area contributed by atoms with Gasteiger partial charge in [-0.2, -0.15) is 0 Å². The molecule has 1 unspecified atom stereocenters. The Morgan fingerprint density at radius 3 is 2.55 bits per heavy atom. The second-order valence-corrected chi connectivity index (χ2v) is 11.2. The minimum Gasteiger partial charge on any atom is -0.497 e. The number of nitrogens with zero attached hydrogens (tertiary/aromatic N) is 4. The predicted molar refractivity (Wildman–Crippen MR) is 168 cm³/mol. The van der Waals surface area contributed by atoms with Gasteiger partial charge < -0.3 is 14.0 Å². The van der Waals surface area contributed by atoms with Gasteiger partial charge in [-0.1, -0.05) is 59.9 Å². The van der Waals surface area contributed by atoms with Crippen LogP contribution in [0, 0.1) is 10.1 Å². The molecule has 0 N–H and O–H groups in total. The summed E-state index contributed by atoms with van der Waals surface area (Å²) in [5, 5.41) is 12.7. The van der Waals surface area contributed by atoms with Gasteiger partial charge in [-0.3, -0.25) is 19.5 Å². The number of esters is 1. The van der Waals surface area contributed by atoms with E-state index in [-0.39, 0.29) is 29.3 Å². The topological polar surface area (TPSA) is 118 Å². The second kappa shape index (κ2) is 11.8. The fourth-order valence-electron chi connectivity index (χ4n) is 5.55. The van der Waals surface area contributed by atoms with E-state index in [1.165, 1.54) is 22.0 Å². The van der Waals surface area contributed by atoms with E-state index >= 15 is 0 Å². The van der Waals surface area contributed by atoms with E-state index in [1.54, 1.807) is 57.4 Å². The molecule has 5 aromatic rings. The molecule has 222 valence electrons. The number of allylic oxidation sites excluding steroid dienone is 1. The molecule has 1 aliphatic heterocycles. The third-order valence-corrected chi connectivity index (χ3v) is 8.57. The Hall–Kier alpha value is -5.29. The number of para-hydroxylation sites is 2. The second-order valence-electron chi connectivity index (χ2n) is 10.2. The molecule has 3 aromatic carbocycles. The van der Waals surface area contributed by atoms with Crippen LogP contribution in [0.15, 0.2) is 99.9 Å². The van der Waals surface area contributed by atoms with Crippen molar-refractivity contribution in [1.82, 2.24) is 9.13 Å². The number of fused-ring (bicyclic) bond motifs is 2. The number of hydrogen-bond donors (Lipinski definition) is 0. The quantitative estimate of drug-likeness (QED) is 0.143. The lowest BCUT2D eigenvalue weighted by atomic mass is 9.96. The number of ether oxygens (including phenoxy) is 2. The standard InChI is InChI=1S/C33H28N4O6S/c1-4-43-32(39)29-20(2)34-33-36(30(29)21-13-15-25(42-3)16-14-21)31(38)28(44-33)18-24-17-22-9-5-7-11-26(22)35(24)19-23-10-6-8-12-27(23)37(40)41/h5-18,30H,4,19H2,1-3H3/b28-18+. The molecule has 0 saturated heterocycles. The van der Waals surface area contributed by atoms with Crippen molar-refractivity contribution in [1.29, 1.82) is 0 Å². The fraction of sp³-hybridized carbons (Fsp3) is 0.182. The molecule has 0 bridgehead atoms. The van der Waals surface area contributed by atoms with E-state index in [2.05, 4.69) is 4.99 Å². The van der Waals surface area contributed by atoms with E-state index < -0.39 is 12.0 Å². The number of carbonyl (C=O) groups is 1. The molecule has 0 aliphatic carbocycles. The molecule has 11 heteroatoms. The molecular weight excluding hydrogens is 580 g/mol. The number of nitro benzene ring substituents is 1. The van der Waals surface area contributed by atoms with Crippen LogP contribution in [-0.2, 0) is 16.1 Å². The highest BCUT2D eigenvalue weighted by molar-refractivity contribution is 7.07. The third-order valence-electron chi connectivity index (χ3n) is 7.59. The summed E-state index contributed by atoms with van der Waals surface area (Å²) in [7, 11) is 1.57. The number of aromatic nitrogens is 2. The Labute approximate surface area is 255 Å². The molecule has 10 nitrogen and oxygen atoms in total. The van der Waals surface area contributed by atoms with Gasteiger partial charge in [0.05, 0.1) is 47.0 Å². The van der Waals surface area contributed by atoms with E-state index in [0.717, 1.165) is 10.9 Å². The number of methoxy groups -OCH3 is 1. The zero-order valence-corrected chi connectivity index (χ0v) is 25.0. The average Bonchev–Trinajstić information content (AvgIpc) is 3.52. The van der Waals surface area contributed by atoms with Crippen LogP contribution >= 0.6 is 11.3 Å². The summed E-state index contributed by atoms with van der Waals surface area (Å²) in [6.45, 7) is 3.88. The van der Waals surface area contributed by atoms with Crippen LogP contribution in [0.25, 0.3) is 17.0 Å². The smallest absolute Gasteiger partial charge is 0.338 e. The van der Waals surface area contributed by atoms with Crippen molar-refractivity contribution in [2.24, 2.45) is 4.99 Å². The molecule has 0 amide bonds. The average molecular weight is 609 g/mol. The maximum absolute atomic E-state index is 14.2. The molecule has 0 fully saturated rings. The van der Waals surface area contributed by atoms with E-state index in [1.807, 2.05) is 47.0 Å². The molecule has 0 saturated carbocycles. The van der Waals surface area contributed by atoms with Gasteiger partial charge in [0.25, 0.3) is 11.2 Å². The minimum absolute atomic E-state index is 0.0251. The van der Waals surface area contributed by atoms with Gasteiger partial charge in [0, 0.05) is 28.2 Å². The number of nitro groups is 1. The molecule has 0 spiro atoms. The lowest BCUT2D eigenvalue weighted by Gasteiger charge is -2.24. The lowest BCUT2D eigenvalue weighted by Crippen LogP contribution is -2.40. The van der Waals surface area contributed by atoms with E-state index in [0.29, 0.717) is 43.2 Å². The molecule has 6 rings (SSSR count). The maximum atomic E-state index is 14.2. The van der Waals surface area contributed by atoms with Crippen LogP contribution in [0.1, 0.15) is 36.7 Å². The first kappa shape index (κ1) is 28.8. The van der Waals surface area contributed by atoms with Crippen molar-refractivity contribution < 1.29 is 19.2 Å². The van der Waals surface area contributed by atoms with Gasteiger partial charge in [-0.05, 0) is 49.8 Å². The van der Waals surface area contributed by atoms with E-state index in [4.69, 9.17) is 9.47 Å². The van der Waals surface area contributed by atoms with Gasteiger partial charge in [0.15, 0.2) is 4.80 Å². The summed E-state index contributed by atoms with van der Waals surface area (Å²) in [6, 6.07) is 22.8. The highest BCUT2D eigenvalue weighted by Gasteiger charge is 2.33. The Kier molecular flexibility index (Phi) is 7.71. The van der Waals surface area contributed by atoms with Crippen molar-refractivity contribution in [2.75, 3.05) is 13.7 Å². The monoisotopic (exact) mass is 608 g/mol. The van der Waals surface area contributed by atoms with Crippen molar-refractivity contribution in [3.05, 3.63) is 137 Å². The summed E-state index contributed by atoms with van der Waals surface area (Å²) >= 11 is 1.22. The van der Waals surface area contributed by atoms with Gasteiger partial charge in [-0.15, -0.1) is 0 Å². The summed E-state index contributed by atoms with van der Waals surface area (Å²) in [6.07, 6.45) is 1.78. The lowest BCUT2D eigenvalue weighted by molar-refractivity contribution is -0.385. The van der Waals surface area contributed by atoms with Crippen LogP contribution < -0.4 is 19.6 Å². The molecule has 0 radical (unpaired) electrons. The van der Waals surface area contributed by atoms with Crippen LogP contribution in [0.4, 0.5) is 5.69 Å². The van der Waals surface area contributed by atoms with Crippen LogP contribution in [0.2, 0.25) is 0 Å². The third kappa shape index (κ3) is 5.11. The predicted octanol–water partition coefficient (Wildman–Crippen LogP) is 4.72. The zero-order valence-electron chi connectivity index (χ0n) is 24.2. The first-order valence-corrected chi connectivity index (χ1v) is 14.8. The molecule has 2 aromatic heterocycles. The number of hydrogen-bond acceptors (Lipinski definition) is 8. The fourth-order valence-corrected chi connectivity index (χ4v) is 6.58. The Balaban J connectivity index is 1.54. The molecule has 1 aliphatic rings. The maximum Gasteiger partial charge on any atom is 0.338 e. The van der Waals surface area contributed by atoms with Crippen LogP contribution in [0.5, 0.6) is 5.75 Å². The van der Waals surface area contributed by atoms with E-state index in [9.17, 15) is 19.7 Å². The highest BCUT2D eigenvalue weighted by Crippen LogP contribution is 2.32. The van der Waals surface area contributed by atoms with Crippen molar-refractivity contribution in [3.8, 4) is 5.75 Å². The Morgan fingerprint density at radius 1 is 1.09 bits per heavy atom. The zero-order chi connectivity index (χ0) is 31.0. The summed E-state index contributed by atoms with van der Waals surface area (Å²) in [4.78, 5) is 43.9. The van der Waals surface area contributed by atoms with Crippen molar-refractivity contribution in [2.45, 2.75) is 26.4 Å². The van der Waals surface area contributed by atoms with Gasteiger partial charge in [0.1, 0.15) is 5.75 Å². The van der Waals surface area contributed by atoms with Gasteiger partial charge in [0.2, 0.25) is 0 Å². The normalized spacial score (nSPS) is 14.8. The van der Waals surface area contributed by atoms with Crippen molar-refractivity contribution in [3.63, 3.8) is 0 Å². The minimum atomic E-state index is -0.754. The first-order chi connectivity index (χ1) is 21.3. The summed E-state index contributed by atoms with van der Waals surface area (Å²) < 4.78 is 14.6. The summed E-state index contributed by atoms with van der Waals surface area (Å²) in [5.41, 5.74) is 3.32. The largest absolute Gasteiger partial charge is 0.497 e. The summed E-state index contributed by atoms with van der Waals surface area (Å²) in [5.74, 6) is 0.111. The SMILES string of the molecule is CCOC(=O)C1=C(C)N=c2s/c(=C/c3cc4ccccc4n3Cc3ccccc3[N+](=O)[O-])c(=O)n2C1c1ccc(OC)cc1. The number of carbonyl (C=O) groups excluding carboxylic acids is 1. The van der Waals surface area contributed by atoms with Gasteiger partial charge in [-0.25, -0.2) is 9.79 Å². The Morgan fingerprint density at radius 2 is 1.82 bits per heavy atom. The van der Waals surface area contributed by atoms with Gasteiger partial charge >= 0.3 is 5.97 Å². The number of benzene rings is 3. The van der Waals surface area contributed by atoms with Crippen LogP contribution in [0.3, 0.4) is 0 Å².